The van der Waals surface area contributed by atoms with Gasteiger partial charge in [0.15, 0.2) is 11.5 Å². The maximum absolute atomic E-state index is 13.2. The molecule has 10 heteroatoms. The average molecular weight is 358 g/mol. The molecule has 0 fully saturated rings. The fraction of sp³-hybridized carbons (Fsp3) is 0.333. The van der Waals surface area contributed by atoms with Crippen LogP contribution in [0, 0.1) is 5.82 Å². The van der Waals surface area contributed by atoms with Crippen molar-refractivity contribution in [2.75, 3.05) is 5.32 Å². The lowest BCUT2D eigenvalue weighted by Gasteiger charge is -2.20. The van der Waals surface area contributed by atoms with Gasteiger partial charge in [-0.1, -0.05) is 0 Å². The van der Waals surface area contributed by atoms with E-state index in [9.17, 15) is 22.4 Å². The molecule has 1 amide bonds. The Bertz CT molecular complexity index is 788. The number of hydrogen-bond donors (Lipinski definition) is 1. The van der Waals surface area contributed by atoms with Gasteiger partial charge in [-0.2, -0.15) is 13.2 Å². The predicted octanol–water partition coefficient (Wildman–Crippen LogP) is 4.04. The van der Waals surface area contributed by atoms with E-state index in [0.717, 1.165) is 24.7 Å². The van der Waals surface area contributed by atoms with Crippen LogP contribution in [-0.4, -0.2) is 26.6 Å². The summed E-state index contributed by atoms with van der Waals surface area (Å²) in [6.07, 6.45) is -3.16. The Morgan fingerprint density at radius 1 is 1.16 bits per heavy atom. The van der Waals surface area contributed by atoms with E-state index < -0.39 is 35.1 Å². The van der Waals surface area contributed by atoms with Gasteiger partial charge in [0.1, 0.15) is 11.4 Å². The van der Waals surface area contributed by atoms with E-state index in [1.165, 1.54) is 0 Å². The molecule has 0 saturated carbocycles. The lowest BCUT2D eigenvalue weighted by molar-refractivity contribution is -0.140. The smallest absolute Gasteiger partial charge is 0.435 e. The third-order valence-electron chi connectivity index (χ3n) is 2.66. The highest BCUT2D eigenvalue weighted by molar-refractivity contribution is 5.85. The number of alkyl halides is 3. The Morgan fingerprint density at radius 2 is 1.84 bits per heavy atom. The van der Waals surface area contributed by atoms with Crippen LogP contribution in [0.3, 0.4) is 0 Å². The molecule has 6 nitrogen and oxygen atoms in total. The van der Waals surface area contributed by atoms with Crippen molar-refractivity contribution in [3.05, 3.63) is 36.2 Å². The number of carbonyl (C=O) groups excluding carboxylic acids is 1. The Kier molecular flexibility index (Phi) is 4.91. The number of nitrogens with one attached hydrogen (secondary N) is 1. The quantitative estimate of drug-likeness (QED) is 0.820. The van der Waals surface area contributed by atoms with Gasteiger partial charge in [-0.25, -0.2) is 19.2 Å². The molecule has 1 N–H and O–H groups in total. The summed E-state index contributed by atoms with van der Waals surface area (Å²) in [5.74, 6) is -1.13. The van der Waals surface area contributed by atoms with Crippen LogP contribution in [0.5, 0.6) is 0 Å². The molecule has 0 bridgehead atoms. The molecule has 0 atom stereocenters. The molecular formula is C15H14F4N4O2. The van der Waals surface area contributed by atoms with Gasteiger partial charge in [0.2, 0.25) is 0 Å². The van der Waals surface area contributed by atoms with E-state index in [4.69, 9.17) is 4.74 Å². The molecular weight excluding hydrogens is 344 g/mol. The zero-order valence-electron chi connectivity index (χ0n) is 13.5. The molecule has 134 valence electrons. The van der Waals surface area contributed by atoms with E-state index in [-0.39, 0.29) is 11.4 Å². The Labute approximate surface area is 140 Å². The predicted molar refractivity (Wildman–Crippen MR) is 80.1 cm³/mol. The summed E-state index contributed by atoms with van der Waals surface area (Å²) >= 11 is 0. The number of anilines is 1. The second-order valence-corrected chi connectivity index (χ2v) is 5.97. The first kappa shape index (κ1) is 18.6. The zero-order chi connectivity index (χ0) is 18.8. The highest BCUT2D eigenvalue weighted by Crippen LogP contribution is 2.34. The molecule has 0 spiro atoms. The summed E-state index contributed by atoms with van der Waals surface area (Å²) in [6, 6.07) is 0.948. The zero-order valence-corrected chi connectivity index (χ0v) is 13.5. The van der Waals surface area contributed by atoms with Gasteiger partial charge in [0.05, 0.1) is 18.1 Å². The number of amides is 1. The Morgan fingerprint density at radius 3 is 2.40 bits per heavy atom. The molecule has 0 aliphatic heterocycles. The highest BCUT2D eigenvalue weighted by Gasteiger charge is 2.37. The normalized spacial score (nSPS) is 12.0. The summed E-state index contributed by atoms with van der Waals surface area (Å²) in [6.45, 7) is 4.69. The number of halogens is 4. The lowest BCUT2D eigenvalue weighted by Crippen LogP contribution is -2.28. The van der Waals surface area contributed by atoms with E-state index in [1.807, 2.05) is 5.32 Å². The number of aromatic nitrogens is 3. The van der Waals surface area contributed by atoms with E-state index in [0.29, 0.717) is 0 Å². The van der Waals surface area contributed by atoms with Gasteiger partial charge in [0.25, 0.3) is 0 Å². The first-order valence-corrected chi connectivity index (χ1v) is 7.01. The van der Waals surface area contributed by atoms with Crippen LogP contribution in [0.25, 0.3) is 11.4 Å². The van der Waals surface area contributed by atoms with Gasteiger partial charge in [-0.05, 0) is 26.8 Å². The molecule has 0 aromatic carbocycles. The second-order valence-electron chi connectivity index (χ2n) is 5.97. The number of nitrogens with zero attached hydrogens (tertiary/aromatic N) is 3. The van der Waals surface area contributed by atoms with Crippen molar-refractivity contribution in [2.24, 2.45) is 0 Å². The molecule has 2 heterocycles. The van der Waals surface area contributed by atoms with E-state index in [2.05, 4.69) is 15.0 Å². The summed E-state index contributed by atoms with van der Waals surface area (Å²) in [7, 11) is 0. The van der Waals surface area contributed by atoms with Gasteiger partial charge in [0, 0.05) is 11.8 Å². The molecule has 2 aromatic rings. The first-order chi connectivity index (χ1) is 11.5. The van der Waals surface area contributed by atoms with Crippen LogP contribution in [0.4, 0.5) is 28.0 Å². The van der Waals surface area contributed by atoms with Crippen LogP contribution in [0.2, 0.25) is 0 Å². The SMILES string of the molecule is CC(C)(C)OC(=O)Nc1cnc(-c2cncc(F)c2)nc1C(F)(F)F. The van der Waals surface area contributed by atoms with Crippen LogP contribution in [0.1, 0.15) is 26.5 Å². The summed E-state index contributed by atoms with van der Waals surface area (Å²) in [4.78, 5) is 22.3. The minimum atomic E-state index is -4.87. The highest BCUT2D eigenvalue weighted by atomic mass is 19.4. The molecule has 2 aromatic heterocycles. The van der Waals surface area contributed by atoms with Gasteiger partial charge < -0.3 is 4.74 Å². The molecule has 0 saturated heterocycles. The monoisotopic (exact) mass is 358 g/mol. The van der Waals surface area contributed by atoms with Crippen molar-refractivity contribution in [1.29, 1.82) is 0 Å². The lowest BCUT2D eigenvalue weighted by atomic mass is 10.2. The van der Waals surface area contributed by atoms with Crippen molar-refractivity contribution in [2.45, 2.75) is 32.5 Å². The van der Waals surface area contributed by atoms with Crippen molar-refractivity contribution < 1.29 is 27.1 Å². The average Bonchev–Trinajstić information content (AvgIpc) is 2.44. The van der Waals surface area contributed by atoms with E-state index >= 15 is 0 Å². The number of pyridine rings is 1. The van der Waals surface area contributed by atoms with Crippen LogP contribution in [0.15, 0.2) is 24.7 Å². The third-order valence-corrected chi connectivity index (χ3v) is 2.66. The largest absolute Gasteiger partial charge is 0.444 e. The minimum Gasteiger partial charge on any atom is -0.444 e. The minimum absolute atomic E-state index is 0.0330. The van der Waals surface area contributed by atoms with E-state index in [1.54, 1.807) is 20.8 Å². The van der Waals surface area contributed by atoms with Crippen molar-refractivity contribution in [3.8, 4) is 11.4 Å². The van der Waals surface area contributed by atoms with Crippen molar-refractivity contribution in [1.82, 2.24) is 15.0 Å². The summed E-state index contributed by atoms with van der Waals surface area (Å²) < 4.78 is 57.8. The van der Waals surface area contributed by atoms with Gasteiger partial charge >= 0.3 is 12.3 Å². The number of carbonyl (C=O) groups is 1. The standard InChI is InChI=1S/C15H14F4N4O2/c1-14(2,3)25-13(24)22-10-7-21-12(23-11(10)15(17,18)19)8-4-9(16)6-20-5-8/h4-7H,1-3H3,(H,22,24). The molecule has 0 unspecified atom stereocenters. The number of rotatable bonds is 2. The molecule has 25 heavy (non-hydrogen) atoms. The van der Waals surface area contributed by atoms with Crippen LogP contribution >= 0.6 is 0 Å². The van der Waals surface area contributed by atoms with Gasteiger partial charge in [-0.15, -0.1) is 0 Å². The summed E-state index contributed by atoms with van der Waals surface area (Å²) in [5, 5.41) is 1.97. The fourth-order valence-corrected chi connectivity index (χ4v) is 1.78. The maximum Gasteiger partial charge on any atom is 0.435 e. The maximum atomic E-state index is 13.2. The van der Waals surface area contributed by atoms with Crippen LogP contribution in [-0.2, 0) is 10.9 Å². The Balaban J connectivity index is 2.40. The fourth-order valence-electron chi connectivity index (χ4n) is 1.78. The Hall–Kier alpha value is -2.78. The number of hydrogen-bond acceptors (Lipinski definition) is 5. The third kappa shape index (κ3) is 5.10. The van der Waals surface area contributed by atoms with Crippen LogP contribution < -0.4 is 5.32 Å². The topological polar surface area (TPSA) is 77.0 Å². The second kappa shape index (κ2) is 6.61. The number of ether oxygens (including phenoxy) is 1. The van der Waals surface area contributed by atoms with Gasteiger partial charge in [-0.3, -0.25) is 10.3 Å². The first-order valence-electron chi connectivity index (χ1n) is 7.01. The summed E-state index contributed by atoms with van der Waals surface area (Å²) in [5.41, 5.74) is -2.98. The van der Waals surface area contributed by atoms with Crippen molar-refractivity contribution in [3.63, 3.8) is 0 Å². The molecule has 0 aliphatic carbocycles. The van der Waals surface area contributed by atoms with Crippen molar-refractivity contribution >= 4 is 11.8 Å². The molecule has 0 radical (unpaired) electrons. The molecule has 0 aliphatic rings. The molecule has 2 rings (SSSR count).